The summed E-state index contributed by atoms with van der Waals surface area (Å²) in [5, 5.41) is 0. The SMILES string of the molecule is COc1cccc(Oc2ccccc2C(C)C)c1N. The molecule has 3 heteroatoms. The van der Waals surface area contributed by atoms with E-state index < -0.39 is 0 Å². The first-order valence-electron chi connectivity index (χ1n) is 6.32. The average molecular weight is 257 g/mol. The van der Waals surface area contributed by atoms with E-state index in [9.17, 15) is 0 Å². The molecule has 0 bridgehead atoms. The van der Waals surface area contributed by atoms with E-state index in [-0.39, 0.29) is 0 Å². The summed E-state index contributed by atoms with van der Waals surface area (Å²) in [5.41, 5.74) is 7.69. The highest BCUT2D eigenvalue weighted by Crippen LogP contribution is 2.36. The van der Waals surface area contributed by atoms with Crippen LogP contribution in [-0.4, -0.2) is 7.11 Å². The van der Waals surface area contributed by atoms with Crippen molar-refractivity contribution in [1.82, 2.24) is 0 Å². The Morgan fingerprint density at radius 1 is 0.895 bits per heavy atom. The van der Waals surface area contributed by atoms with Crippen molar-refractivity contribution in [3.63, 3.8) is 0 Å². The molecule has 0 saturated carbocycles. The van der Waals surface area contributed by atoms with Crippen molar-refractivity contribution in [2.45, 2.75) is 19.8 Å². The zero-order chi connectivity index (χ0) is 13.8. The molecule has 0 atom stereocenters. The van der Waals surface area contributed by atoms with Crippen LogP contribution in [0, 0.1) is 0 Å². The monoisotopic (exact) mass is 257 g/mol. The molecule has 0 aliphatic heterocycles. The van der Waals surface area contributed by atoms with Crippen LogP contribution in [0.25, 0.3) is 0 Å². The van der Waals surface area contributed by atoms with Gasteiger partial charge in [0, 0.05) is 0 Å². The molecule has 0 spiro atoms. The van der Waals surface area contributed by atoms with Crippen molar-refractivity contribution in [3.8, 4) is 17.2 Å². The molecule has 0 aliphatic rings. The van der Waals surface area contributed by atoms with E-state index in [2.05, 4.69) is 19.9 Å². The molecular weight excluding hydrogens is 238 g/mol. The van der Waals surface area contributed by atoms with Gasteiger partial charge < -0.3 is 15.2 Å². The van der Waals surface area contributed by atoms with Crippen LogP contribution in [0.1, 0.15) is 25.3 Å². The third-order valence-corrected chi connectivity index (χ3v) is 3.01. The summed E-state index contributed by atoms with van der Waals surface area (Å²) in [5.74, 6) is 2.47. The third kappa shape index (κ3) is 2.81. The zero-order valence-corrected chi connectivity index (χ0v) is 11.5. The van der Waals surface area contributed by atoms with Crippen molar-refractivity contribution < 1.29 is 9.47 Å². The van der Waals surface area contributed by atoms with Gasteiger partial charge in [0.15, 0.2) is 5.75 Å². The zero-order valence-electron chi connectivity index (χ0n) is 11.5. The second-order valence-corrected chi connectivity index (χ2v) is 4.67. The van der Waals surface area contributed by atoms with E-state index in [1.807, 2.05) is 36.4 Å². The largest absolute Gasteiger partial charge is 0.494 e. The fraction of sp³-hybridized carbons (Fsp3) is 0.250. The Hall–Kier alpha value is -2.16. The first-order chi connectivity index (χ1) is 9.13. The lowest BCUT2D eigenvalue weighted by molar-refractivity contribution is 0.411. The number of hydrogen-bond acceptors (Lipinski definition) is 3. The van der Waals surface area contributed by atoms with Crippen LogP contribution in [0.3, 0.4) is 0 Å². The first kappa shape index (κ1) is 13.3. The molecule has 19 heavy (non-hydrogen) atoms. The second kappa shape index (κ2) is 5.65. The number of nitrogens with two attached hydrogens (primary N) is 1. The second-order valence-electron chi connectivity index (χ2n) is 4.67. The molecule has 0 fully saturated rings. The number of para-hydroxylation sites is 2. The van der Waals surface area contributed by atoms with Gasteiger partial charge in [0.2, 0.25) is 0 Å². The van der Waals surface area contributed by atoms with Gasteiger partial charge in [-0.3, -0.25) is 0 Å². The summed E-state index contributed by atoms with van der Waals surface area (Å²) < 4.78 is 11.1. The summed E-state index contributed by atoms with van der Waals surface area (Å²) in [6.45, 7) is 4.27. The van der Waals surface area contributed by atoms with Gasteiger partial charge in [-0.2, -0.15) is 0 Å². The van der Waals surface area contributed by atoms with Crippen LogP contribution in [0.15, 0.2) is 42.5 Å². The minimum absolute atomic E-state index is 0.392. The topological polar surface area (TPSA) is 44.5 Å². The lowest BCUT2D eigenvalue weighted by Gasteiger charge is -2.15. The van der Waals surface area contributed by atoms with Gasteiger partial charge in [0.05, 0.1) is 7.11 Å². The van der Waals surface area contributed by atoms with E-state index in [0.717, 1.165) is 11.3 Å². The lowest BCUT2D eigenvalue weighted by atomic mass is 10.0. The van der Waals surface area contributed by atoms with Gasteiger partial charge in [-0.05, 0) is 29.7 Å². The Bertz CT molecular complexity index is 564. The molecule has 3 nitrogen and oxygen atoms in total. The smallest absolute Gasteiger partial charge is 0.154 e. The van der Waals surface area contributed by atoms with Gasteiger partial charge in [0.1, 0.15) is 17.2 Å². The third-order valence-electron chi connectivity index (χ3n) is 3.01. The quantitative estimate of drug-likeness (QED) is 0.835. The predicted octanol–water partition coefficient (Wildman–Crippen LogP) is 4.19. The maximum atomic E-state index is 6.02. The molecule has 0 heterocycles. The van der Waals surface area contributed by atoms with Gasteiger partial charge in [0.25, 0.3) is 0 Å². The molecule has 2 aromatic rings. The molecule has 0 radical (unpaired) electrons. The van der Waals surface area contributed by atoms with Crippen molar-refractivity contribution in [1.29, 1.82) is 0 Å². The van der Waals surface area contributed by atoms with Crippen LogP contribution in [0.5, 0.6) is 17.2 Å². The molecular formula is C16H19NO2. The van der Waals surface area contributed by atoms with Crippen LogP contribution >= 0.6 is 0 Å². The predicted molar refractivity (Wildman–Crippen MR) is 78.0 cm³/mol. The molecule has 0 amide bonds. The fourth-order valence-corrected chi connectivity index (χ4v) is 1.96. The van der Waals surface area contributed by atoms with Crippen molar-refractivity contribution in [2.24, 2.45) is 0 Å². The summed E-state index contributed by atoms with van der Waals surface area (Å²) in [7, 11) is 1.59. The van der Waals surface area contributed by atoms with E-state index >= 15 is 0 Å². The Balaban J connectivity index is 2.37. The van der Waals surface area contributed by atoms with Crippen molar-refractivity contribution in [3.05, 3.63) is 48.0 Å². The fourth-order valence-electron chi connectivity index (χ4n) is 1.96. The summed E-state index contributed by atoms with van der Waals surface area (Å²) in [6.07, 6.45) is 0. The molecule has 100 valence electrons. The number of rotatable bonds is 4. The van der Waals surface area contributed by atoms with Gasteiger partial charge in [-0.25, -0.2) is 0 Å². The standard InChI is InChI=1S/C16H19NO2/c1-11(2)12-7-4-5-8-13(12)19-15-10-6-9-14(18-3)16(15)17/h4-11H,17H2,1-3H3. The number of benzene rings is 2. The number of ether oxygens (including phenoxy) is 2. The number of hydrogen-bond donors (Lipinski definition) is 1. The molecule has 2 rings (SSSR count). The molecule has 2 N–H and O–H groups in total. The van der Waals surface area contributed by atoms with Crippen LogP contribution in [0.4, 0.5) is 5.69 Å². The molecule has 0 aliphatic carbocycles. The first-order valence-corrected chi connectivity index (χ1v) is 6.32. The lowest BCUT2D eigenvalue weighted by Crippen LogP contribution is -1.98. The molecule has 0 aromatic heterocycles. The highest BCUT2D eigenvalue weighted by atomic mass is 16.5. The van der Waals surface area contributed by atoms with Crippen LogP contribution < -0.4 is 15.2 Å². The molecule has 2 aromatic carbocycles. The summed E-state index contributed by atoms with van der Waals surface area (Å²) in [4.78, 5) is 0. The van der Waals surface area contributed by atoms with Crippen LogP contribution in [0.2, 0.25) is 0 Å². The Morgan fingerprint density at radius 2 is 1.53 bits per heavy atom. The van der Waals surface area contributed by atoms with Crippen molar-refractivity contribution >= 4 is 5.69 Å². The summed E-state index contributed by atoms with van der Waals surface area (Å²) >= 11 is 0. The summed E-state index contributed by atoms with van der Waals surface area (Å²) in [6, 6.07) is 13.5. The van der Waals surface area contributed by atoms with E-state index in [1.165, 1.54) is 0 Å². The normalized spacial score (nSPS) is 10.5. The maximum absolute atomic E-state index is 6.02. The number of methoxy groups -OCH3 is 1. The van der Waals surface area contributed by atoms with Gasteiger partial charge in [-0.15, -0.1) is 0 Å². The molecule has 0 saturated heterocycles. The van der Waals surface area contributed by atoms with Gasteiger partial charge >= 0.3 is 0 Å². The highest BCUT2D eigenvalue weighted by molar-refractivity contribution is 5.63. The Kier molecular flexibility index (Phi) is 3.95. The minimum atomic E-state index is 0.392. The highest BCUT2D eigenvalue weighted by Gasteiger charge is 2.11. The average Bonchev–Trinajstić information content (AvgIpc) is 2.41. The van der Waals surface area contributed by atoms with E-state index in [1.54, 1.807) is 7.11 Å². The Labute approximate surface area is 114 Å². The number of anilines is 1. The van der Waals surface area contributed by atoms with E-state index in [4.69, 9.17) is 15.2 Å². The van der Waals surface area contributed by atoms with Crippen LogP contribution in [-0.2, 0) is 0 Å². The van der Waals surface area contributed by atoms with Gasteiger partial charge in [-0.1, -0.05) is 38.1 Å². The minimum Gasteiger partial charge on any atom is -0.494 e. The van der Waals surface area contributed by atoms with Crippen molar-refractivity contribution in [2.75, 3.05) is 12.8 Å². The van der Waals surface area contributed by atoms with E-state index in [0.29, 0.717) is 23.1 Å². The maximum Gasteiger partial charge on any atom is 0.154 e. The molecule has 0 unspecified atom stereocenters. The Morgan fingerprint density at radius 3 is 2.21 bits per heavy atom. The number of nitrogen functional groups attached to an aromatic ring is 1.